The van der Waals surface area contributed by atoms with Crippen molar-refractivity contribution in [2.24, 2.45) is 5.41 Å². The Labute approximate surface area is 237 Å². The van der Waals surface area contributed by atoms with Gasteiger partial charge in [0, 0.05) is 55.6 Å². The van der Waals surface area contributed by atoms with Crippen LogP contribution in [0, 0.1) is 5.41 Å². The molecule has 0 bridgehead atoms. The van der Waals surface area contributed by atoms with Gasteiger partial charge in [0.25, 0.3) is 11.8 Å². The summed E-state index contributed by atoms with van der Waals surface area (Å²) in [5.74, 6) is -2.76. The Morgan fingerprint density at radius 1 is 0.975 bits per heavy atom. The minimum Gasteiger partial charge on any atom is -0.461 e. The number of hydrogen-bond acceptors (Lipinski definition) is 7. The maximum absolute atomic E-state index is 13.8. The van der Waals surface area contributed by atoms with E-state index in [1.807, 2.05) is 19.1 Å². The number of aliphatic hydroxyl groups is 1. The van der Waals surface area contributed by atoms with Crippen molar-refractivity contribution in [3.8, 4) is 5.75 Å². The number of rotatable bonds is 10. The van der Waals surface area contributed by atoms with Gasteiger partial charge < -0.3 is 29.7 Å². The highest BCUT2D eigenvalue weighted by molar-refractivity contribution is 8.01. The predicted molar refractivity (Wildman–Crippen MR) is 155 cm³/mol. The van der Waals surface area contributed by atoms with E-state index in [1.165, 1.54) is 24.8 Å². The van der Waals surface area contributed by atoms with Crippen LogP contribution in [0.3, 0.4) is 0 Å². The molecule has 2 aliphatic heterocycles. The van der Waals surface area contributed by atoms with Crippen molar-refractivity contribution in [3.05, 3.63) is 42.0 Å². The molecular formula is C29H37F3N4O3S. The van der Waals surface area contributed by atoms with Crippen LogP contribution < -0.4 is 24.6 Å². The molecule has 1 aliphatic carbocycles. The third kappa shape index (κ3) is 6.74. The van der Waals surface area contributed by atoms with Crippen LogP contribution in [0.5, 0.6) is 5.75 Å². The van der Waals surface area contributed by atoms with Crippen LogP contribution in [0.4, 0.5) is 35.9 Å². The highest BCUT2D eigenvalue weighted by Crippen LogP contribution is 2.54. The number of ether oxygens (including phenoxy) is 1. The van der Waals surface area contributed by atoms with E-state index in [-0.39, 0.29) is 49.4 Å². The second-order valence-corrected chi connectivity index (χ2v) is 12.4. The summed E-state index contributed by atoms with van der Waals surface area (Å²) in [6.45, 7) is 2.90. The zero-order chi connectivity index (χ0) is 28.3. The van der Waals surface area contributed by atoms with Gasteiger partial charge in [0.05, 0.1) is 23.5 Å². The van der Waals surface area contributed by atoms with Crippen molar-refractivity contribution < 1.29 is 27.8 Å². The fourth-order valence-electron chi connectivity index (χ4n) is 5.45. The lowest BCUT2D eigenvalue weighted by Gasteiger charge is -2.35. The van der Waals surface area contributed by atoms with Gasteiger partial charge in [-0.15, -0.1) is 0 Å². The maximum atomic E-state index is 13.8. The van der Waals surface area contributed by atoms with Crippen LogP contribution in [0.15, 0.2) is 36.4 Å². The van der Waals surface area contributed by atoms with E-state index in [4.69, 9.17) is 4.74 Å². The Morgan fingerprint density at radius 2 is 1.60 bits per heavy atom. The van der Waals surface area contributed by atoms with Crippen molar-refractivity contribution in [2.45, 2.75) is 56.6 Å². The number of nitrogens with one attached hydrogen (secondary N) is 2. The van der Waals surface area contributed by atoms with Crippen LogP contribution in [0.2, 0.25) is 0 Å². The fourth-order valence-corrected chi connectivity index (χ4v) is 5.99. The Kier molecular flexibility index (Phi) is 8.61. The monoisotopic (exact) mass is 578 g/mol. The van der Waals surface area contributed by atoms with E-state index >= 15 is 0 Å². The summed E-state index contributed by atoms with van der Waals surface area (Å²) in [5, 5.41) is 12.3. The largest absolute Gasteiger partial charge is 0.461 e. The van der Waals surface area contributed by atoms with Gasteiger partial charge in [-0.3, -0.25) is 4.79 Å². The maximum Gasteiger partial charge on any atom is 0.257 e. The lowest BCUT2D eigenvalue weighted by atomic mass is 9.93. The standard InChI is InChI=1S/C29H37F3N4O3S/c1-20(18-37)40-34-22-2-4-23(24(17-22)35-12-8-28(6-7-28)9-13-35)27(38)33-21-3-5-26(39-19-30)25(16-21)36-14-10-29(31,32)11-15-36/h2-5,16-17,20,34,37H,6-15,18-19H2,1H3,(H,33,38)/t20-/m1/s1. The highest BCUT2D eigenvalue weighted by atomic mass is 32.2. The number of anilines is 4. The van der Waals surface area contributed by atoms with Crippen molar-refractivity contribution in [3.63, 3.8) is 0 Å². The molecule has 3 aliphatic rings. The minimum absolute atomic E-state index is 0.0146. The Morgan fingerprint density at radius 3 is 2.25 bits per heavy atom. The summed E-state index contributed by atoms with van der Waals surface area (Å²) < 4.78 is 49.0. The predicted octanol–water partition coefficient (Wildman–Crippen LogP) is 6.30. The summed E-state index contributed by atoms with van der Waals surface area (Å²) in [6.07, 6.45) is 4.19. The summed E-state index contributed by atoms with van der Waals surface area (Å²) >= 11 is 1.42. The number of amides is 1. The number of benzene rings is 2. The average molecular weight is 579 g/mol. The number of nitrogens with zero attached hydrogens (tertiary/aromatic N) is 2. The average Bonchev–Trinajstić information content (AvgIpc) is 3.71. The normalized spacial score (nSPS) is 20.2. The molecule has 218 valence electrons. The SMILES string of the molecule is C[C@H](CO)SNc1ccc(C(=O)Nc2ccc(OCF)c(N3CCC(F)(F)CC3)c2)c(N2CCC3(CC2)CC3)c1. The Balaban J connectivity index is 1.37. The first-order chi connectivity index (χ1) is 19.2. The molecule has 11 heteroatoms. The first kappa shape index (κ1) is 28.7. The Bertz CT molecular complexity index is 1190. The number of carbonyl (C=O) groups is 1. The van der Waals surface area contributed by atoms with E-state index < -0.39 is 12.8 Å². The van der Waals surface area contributed by atoms with Crippen molar-refractivity contribution in [1.29, 1.82) is 0 Å². The number of piperidine rings is 2. The third-order valence-corrected chi connectivity index (χ3v) is 9.17. The molecule has 3 fully saturated rings. The number of halogens is 3. The molecule has 40 heavy (non-hydrogen) atoms. The van der Waals surface area contributed by atoms with Crippen LogP contribution in [-0.4, -0.2) is 61.8 Å². The van der Waals surface area contributed by atoms with Crippen molar-refractivity contribution >= 4 is 40.6 Å². The van der Waals surface area contributed by atoms with Gasteiger partial charge in [-0.1, -0.05) is 0 Å². The third-order valence-electron chi connectivity index (χ3n) is 8.26. The lowest BCUT2D eigenvalue weighted by Crippen LogP contribution is -2.39. The first-order valence-corrected chi connectivity index (χ1v) is 14.8. The molecule has 2 saturated heterocycles. The zero-order valence-corrected chi connectivity index (χ0v) is 23.5. The number of aliphatic hydroxyl groups excluding tert-OH is 1. The smallest absolute Gasteiger partial charge is 0.257 e. The molecular weight excluding hydrogens is 541 g/mol. The highest BCUT2D eigenvalue weighted by Gasteiger charge is 2.44. The van der Waals surface area contributed by atoms with E-state index in [0.29, 0.717) is 22.4 Å². The first-order valence-electron chi connectivity index (χ1n) is 13.9. The van der Waals surface area contributed by atoms with Gasteiger partial charge >= 0.3 is 0 Å². The molecule has 3 N–H and O–H groups in total. The topological polar surface area (TPSA) is 77.1 Å². The summed E-state index contributed by atoms with van der Waals surface area (Å²) in [7, 11) is 0. The molecule has 2 aromatic rings. The second-order valence-electron chi connectivity index (χ2n) is 11.2. The van der Waals surface area contributed by atoms with Gasteiger partial charge in [0.15, 0.2) is 0 Å². The Hall–Kier alpha value is -2.79. The van der Waals surface area contributed by atoms with Crippen molar-refractivity contribution in [2.75, 3.05) is 59.5 Å². The molecule has 0 aromatic heterocycles. The van der Waals surface area contributed by atoms with Crippen LogP contribution in [0.1, 0.15) is 55.8 Å². The molecule has 1 saturated carbocycles. The van der Waals surface area contributed by atoms with Crippen LogP contribution in [0.25, 0.3) is 0 Å². The molecule has 1 spiro atoms. The van der Waals surface area contributed by atoms with Gasteiger partial charge in [0.2, 0.25) is 6.86 Å². The van der Waals surface area contributed by atoms with E-state index in [2.05, 4.69) is 14.9 Å². The lowest BCUT2D eigenvalue weighted by molar-refractivity contribution is -0.0221. The quantitative estimate of drug-likeness (QED) is 0.286. The summed E-state index contributed by atoms with van der Waals surface area (Å²) in [4.78, 5) is 17.6. The molecule has 5 rings (SSSR count). The van der Waals surface area contributed by atoms with Gasteiger partial charge in [0.1, 0.15) is 5.75 Å². The summed E-state index contributed by atoms with van der Waals surface area (Å²) in [5.41, 5.74) is 3.65. The van der Waals surface area contributed by atoms with Gasteiger partial charge in [-0.2, -0.15) is 0 Å². The molecule has 2 heterocycles. The molecule has 2 aromatic carbocycles. The summed E-state index contributed by atoms with van der Waals surface area (Å²) in [6, 6.07) is 10.5. The van der Waals surface area contributed by atoms with Crippen LogP contribution >= 0.6 is 11.9 Å². The van der Waals surface area contributed by atoms with Gasteiger partial charge in [-0.05, 0) is 86.4 Å². The molecule has 0 unspecified atom stereocenters. The molecule has 7 nitrogen and oxygen atoms in total. The van der Waals surface area contributed by atoms with Crippen molar-refractivity contribution in [1.82, 2.24) is 0 Å². The molecule has 0 radical (unpaired) electrons. The van der Waals surface area contributed by atoms with E-state index in [1.54, 1.807) is 29.2 Å². The zero-order valence-electron chi connectivity index (χ0n) is 22.7. The number of alkyl halides is 3. The molecule has 1 amide bonds. The van der Waals surface area contributed by atoms with E-state index in [0.717, 1.165) is 37.3 Å². The second kappa shape index (κ2) is 12.0. The minimum atomic E-state index is -2.72. The number of carbonyl (C=O) groups excluding carboxylic acids is 1. The fraction of sp³-hybridized carbons (Fsp3) is 0.552. The van der Waals surface area contributed by atoms with E-state index in [9.17, 15) is 23.1 Å². The van der Waals surface area contributed by atoms with Gasteiger partial charge in [-0.25, -0.2) is 13.2 Å². The van der Waals surface area contributed by atoms with Crippen LogP contribution in [-0.2, 0) is 0 Å². The number of hydrogen-bond donors (Lipinski definition) is 3. The molecule has 1 atom stereocenters.